The van der Waals surface area contributed by atoms with Crippen LogP contribution in [0.3, 0.4) is 0 Å². The van der Waals surface area contributed by atoms with E-state index in [1.807, 2.05) is 0 Å². The van der Waals surface area contributed by atoms with E-state index in [1.165, 1.54) is 26.2 Å². The minimum absolute atomic E-state index is 0.168. The molecule has 0 saturated carbocycles. The quantitative estimate of drug-likeness (QED) is 0.501. The molecule has 0 spiro atoms. The molecule has 0 aromatic heterocycles. The Morgan fingerprint density at radius 3 is 2.00 bits per heavy atom. The van der Waals surface area contributed by atoms with Gasteiger partial charge in [0, 0.05) is 0 Å². The predicted molar refractivity (Wildman–Crippen MR) is 73.3 cm³/mol. The summed E-state index contributed by atoms with van der Waals surface area (Å²) in [6.07, 6.45) is 6.78. The summed E-state index contributed by atoms with van der Waals surface area (Å²) < 4.78 is 25.4. The fraction of sp³-hybridized carbons (Fsp3) is 1.00. The molecule has 0 aliphatic carbocycles. The molecule has 0 aliphatic rings. The van der Waals surface area contributed by atoms with Gasteiger partial charge in [0.15, 0.2) is 0 Å². The number of halogens is 2. The van der Waals surface area contributed by atoms with Crippen LogP contribution in [0, 0.1) is 5.92 Å². The minimum Gasteiger partial charge on any atom is -0.390 e. The van der Waals surface area contributed by atoms with Gasteiger partial charge in [-0.3, -0.25) is 4.39 Å². The SMILES string of the molecule is CCCCCCC(CF)CCCCC(O)C(C)F. The molecule has 0 aromatic carbocycles. The Labute approximate surface area is 111 Å². The van der Waals surface area contributed by atoms with Crippen LogP contribution in [0.1, 0.15) is 71.6 Å². The van der Waals surface area contributed by atoms with E-state index < -0.39 is 12.3 Å². The van der Waals surface area contributed by atoms with E-state index in [0.29, 0.717) is 6.42 Å². The van der Waals surface area contributed by atoms with Gasteiger partial charge in [-0.05, 0) is 32.1 Å². The molecule has 3 heteroatoms. The number of aliphatic hydroxyl groups excluding tert-OH is 1. The van der Waals surface area contributed by atoms with Gasteiger partial charge in [0.25, 0.3) is 0 Å². The first-order valence-electron chi connectivity index (χ1n) is 7.49. The van der Waals surface area contributed by atoms with Crippen LogP contribution in [-0.2, 0) is 0 Å². The lowest BCUT2D eigenvalue weighted by Gasteiger charge is -2.14. The molecule has 0 amide bonds. The first-order valence-corrected chi connectivity index (χ1v) is 7.49. The Bertz CT molecular complexity index is 174. The maximum atomic E-state index is 12.8. The highest BCUT2D eigenvalue weighted by atomic mass is 19.1. The molecular weight excluding hydrogens is 234 g/mol. The van der Waals surface area contributed by atoms with Crippen molar-refractivity contribution in [2.24, 2.45) is 5.92 Å². The lowest BCUT2D eigenvalue weighted by molar-refractivity contribution is 0.0777. The van der Waals surface area contributed by atoms with Crippen LogP contribution in [-0.4, -0.2) is 24.1 Å². The molecule has 0 heterocycles. The summed E-state index contributed by atoms with van der Waals surface area (Å²) in [6.45, 7) is 3.31. The van der Waals surface area contributed by atoms with Crippen molar-refractivity contribution in [2.75, 3.05) is 6.67 Å². The van der Waals surface area contributed by atoms with E-state index in [9.17, 15) is 13.9 Å². The molecule has 0 radical (unpaired) electrons. The lowest BCUT2D eigenvalue weighted by Crippen LogP contribution is -2.18. The molecule has 0 saturated heterocycles. The Kier molecular flexibility index (Phi) is 11.8. The van der Waals surface area contributed by atoms with Crippen LogP contribution >= 0.6 is 0 Å². The Hall–Kier alpha value is -0.180. The standard InChI is InChI=1S/C15H30F2O/c1-3-4-5-6-9-14(12-16)10-7-8-11-15(18)13(2)17/h13-15,18H,3-12H2,1-2H3. The van der Waals surface area contributed by atoms with Crippen LogP contribution < -0.4 is 0 Å². The van der Waals surface area contributed by atoms with Crippen molar-refractivity contribution in [3.8, 4) is 0 Å². The first-order chi connectivity index (χ1) is 8.61. The highest BCUT2D eigenvalue weighted by molar-refractivity contribution is 4.64. The van der Waals surface area contributed by atoms with Crippen LogP contribution in [0.4, 0.5) is 8.78 Å². The summed E-state index contributed by atoms with van der Waals surface area (Å²) in [5, 5.41) is 9.30. The van der Waals surface area contributed by atoms with Crippen molar-refractivity contribution in [1.29, 1.82) is 0 Å². The maximum absolute atomic E-state index is 12.8. The van der Waals surface area contributed by atoms with Crippen molar-refractivity contribution in [3.05, 3.63) is 0 Å². The Balaban J connectivity index is 3.49. The van der Waals surface area contributed by atoms with E-state index in [1.54, 1.807) is 0 Å². The molecular formula is C15H30F2O. The van der Waals surface area contributed by atoms with E-state index in [0.717, 1.165) is 32.1 Å². The highest BCUT2D eigenvalue weighted by Crippen LogP contribution is 2.19. The Morgan fingerprint density at radius 1 is 0.944 bits per heavy atom. The van der Waals surface area contributed by atoms with Gasteiger partial charge in [-0.2, -0.15) is 0 Å². The minimum atomic E-state index is -1.16. The average molecular weight is 264 g/mol. The second-order valence-electron chi connectivity index (χ2n) is 5.40. The second-order valence-corrected chi connectivity index (χ2v) is 5.40. The van der Waals surface area contributed by atoms with Gasteiger partial charge >= 0.3 is 0 Å². The molecule has 0 aliphatic heterocycles. The van der Waals surface area contributed by atoms with Crippen LogP contribution in [0.2, 0.25) is 0 Å². The van der Waals surface area contributed by atoms with Gasteiger partial charge in [-0.25, -0.2) is 4.39 Å². The molecule has 1 N–H and O–H groups in total. The summed E-state index contributed by atoms with van der Waals surface area (Å²) in [5.41, 5.74) is 0. The molecule has 110 valence electrons. The lowest BCUT2D eigenvalue weighted by atomic mass is 9.95. The second kappa shape index (κ2) is 11.9. The third kappa shape index (κ3) is 9.81. The maximum Gasteiger partial charge on any atom is 0.123 e. The summed E-state index contributed by atoms with van der Waals surface area (Å²) in [5.74, 6) is 0.168. The highest BCUT2D eigenvalue weighted by Gasteiger charge is 2.13. The largest absolute Gasteiger partial charge is 0.390 e. The molecule has 0 aromatic rings. The summed E-state index contributed by atoms with van der Waals surface area (Å²) in [6, 6.07) is 0. The fourth-order valence-corrected chi connectivity index (χ4v) is 2.17. The van der Waals surface area contributed by atoms with Crippen LogP contribution in [0.15, 0.2) is 0 Å². The van der Waals surface area contributed by atoms with Crippen LogP contribution in [0.5, 0.6) is 0 Å². The topological polar surface area (TPSA) is 20.2 Å². The molecule has 1 nitrogen and oxygen atoms in total. The first kappa shape index (κ1) is 17.8. The average Bonchev–Trinajstić information content (AvgIpc) is 2.36. The van der Waals surface area contributed by atoms with E-state index in [4.69, 9.17) is 0 Å². The van der Waals surface area contributed by atoms with Gasteiger partial charge in [0.2, 0.25) is 0 Å². The molecule has 0 fully saturated rings. The molecule has 18 heavy (non-hydrogen) atoms. The van der Waals surface area contributed by atoms with Gasteiger partial charge in [0.05, 0.1) is 12.8 Å². The van der Waals surface area contributed by atoms with E-state index in [2.05, 4.69) is 6.92 Å². The number of alkyl halides is 2. The number of hydrogen-bond acceptors (Lipinski definition) is 1. The molecule has 0 rings (SSSR count). The van der Waals surface area contributed by atoms with Crippen molar-refractivity contribution in [2.45, 2.75) is 83.9 Å². The van der Waals surface area contributed by atoms with Gasteiger partial charge in [-0.1, -0.05) is 45.4 Å². The van der Waals surface area contributed by atoms with Crippen molar-refractivity contribution < 1.29 is 13.9 Å². The predicted octanol–water partition coefficient (Wildman–Crippen LogP) is 4.82. The third-order valence-corrected chi connectivity index (χ3v) is 3.58. The summed E-state index contributed by atoms with van der Waals surface area (Å²) >= 11 is 0. The van der Waals surface area contributed by atoms with Crippen molar-refractivity contribution in [3.63, 3.8) is 0 Å². The number of aliphatic hydroxyl groups is 1. The number of hydrogen-bond donors (Lipinski definition) is 1. The molecule has 0 bridgehead atoms. The van der Waals surface area contributed by atoms with Gasteiger partial charge in [0.1, 0.15) is 6.17 Å². The van der Waals surface area contributed by atoms with Gasteiger partial charge in [-0.15, -0.1) is 0 Å². The summed E-state index contributed by atoms with van der Waals surface area (Å²) in [7, 11) is 0. The smallest absolute Gasteiger partial charge is 0.123 e. The van der Waals surface area contributed by atoms with Gasteiger partial charge < -0.3 is 5.11 Å². The zero-order valence-corrected chi connectivity index (χ0v) is 12.0. The summed E-state index contributed by atoms with van der Waals surface area (Å²) in [4.78, 5) is 0. The zero-order chi connectivity index (χ0) is 13.8. The fourth-order valence-electron chi connectivity index (χ4n) is 2.17. The van der Waals surface area contributed by atoms with E-state index in [-0.39, 0.29) is 12.6 Å². The van der Waals surface area contributed by atoms with Crippen molar-refractivity contribution in [1.82, 2.24) is 0 Å². The molecule has 3 atom stereocenters. The van der Waals surface area contributed by atoms with E-state index >= 15 is 0 Å². The third-order valence-electron chi connectivity index (χ3n) is 3.58. The zero-order valence-electron chi connectivity index (χ0n) is 12.0. The number of unbranched alkanes of at least 4 members (excludes halogenated alkanes) is 4. The Morgan fingerprint density at radius 2 is 1.50 bits per heavy atom. The normalized spacial score (nSPS) is 16.5. The number of rotatable bonds is 12. The monoisotopic (exact) mass is 264 g/mol. The van der Waals surface area contributed by atoms with Crippen LogP contribution in [0.25, 0.3) is 0 Å². The van der Waals surface area contributed by atoms with Crippen molar-refractivity contribution >= 4 is 0 Å². The molecule has 3 unspecified atom stereocenters.